The lowest BCUT2D eigenvalue weighted by Crippen LogP contribution is -2.40. The minimum atomic E-state index is 0.197. The Balaban J connectivity index is 1.65. The van der Waals surface area contributed by atoms with Crippen molar-refractivity contribution in [3.8, 4) is 0 Å². The third-order valence-electron chi connectivity index (χ3n) is 3.63. The Hall–Kier alpha value is -0.160. The molecule has 2 fully saturated rings. The Bertz CT molecular complexity index is 213. The van der Waals surface area contributed by atoms with E-state index in [1.54, 1.807) is 7.11 Å². The maximum atomic E-state index is 5.85. The second-order valence-corrected chi connectivity index (χ2v) is 5.43. The van der Waals surface area contributed by atoms with Crippen molar-refractivity contribution in [1.82, 2.24) is 5.32 Å². The molecule has 2 aliphatic rings. The van der Waals surface area contributed by atoms with E-state index in [2.05, 4.69) is 5.32 Å². The lowest BCUT2D eigenvalue weighted by Gasteiger charge is -2.27. The van der Waals surface area contributed by atoms with Crippen LogP contribution in [0, 0.1) is 11.3 Å². The summed E-state index contributed by atoms with van der Waals surface area (Å²) in [7, 11) is 1.73. The van der Waals surface area contributed by atoms with Crippen LogP contribution in [0.15, 0.2) is 0 Å². The van der Waals surface area contributed by atoms with Gasteiger partial charge in [0.25, 0.3) is 0 Å². The van der Waals surface area contributed by atoms with Gasteiger partial charge in [-0.3, -0.25) is 0 Å². The van der Waals surface area contributed by atoms with E-state index in [-0.39, 0.29) is 5.41 Å². The van der Waals surface area contributed by atoms with Crippen LogP contribution >= 0.6 is 0 Å². The molecule has 0 bridgehead atoms. The van der Waals surface area contributed by atoms with Crippen molar-refractivity contribution in [2.45, 2.75) is 19.3 Å². The molecule has 1 saturated heterocycles. The molecule has 1 aliphatic heterocycles. The second-order valence-electron chi connectivity index (χ2n) is 5.43. The Labute approximate surface area is 104 Å². The van der Waals surface area contributed by atoms with Gasteiger partial charge in [-0.25, -0.2) is 0 Å². The highest BCUT2D eigenvalue weighted by Gasteiger charge is 2.35. The number of nitrogens with one attached hydrogen (secondary N) is 1. The minimum Gasteiger partial charge on any atom is -0.383 e. The highest BCUT2D eigenvalue weighted by Crippen LogP contribution is 2.32. The van der Waals surface area contributed by atoms with Gasteiger partial charge in [0.15, 0.2) is 0 Å². The van der Waals surface area contributed by atoms with E-state index in [1.807, 2.05) is 0 Å². The Kier molecular flexibility index (Phi) is 5.22. The quantitative estimate of drug-likeness (QED) is 0.615. The summed E-state index contributed by atoms with van der Waals surface area (Å²) in [4.78, 5) is 0. The van der Waals surface area contributed by atoms with Crippen LogP contribution in [0.4, 0.5) is 0 Å². The van der Waals surface area contributed by atoms with Crippen molar-refractivity contribution in [3.05, 3.63) is 0 Å². The van der Waals surface area contributed by atoms with Gasteiger partial charge in [-0.2, -0.15) is 0 Å². The van der Waals surface area contributed by atoms with Crippen molar-refractivity contribution in [1.29, 1.82) is 0 Å². The molecule has 0 aromatic carbocycles. The van der Waals surface area contributed by atoms with Crippen LogP contribution in [-0.2, 0) is 14.2 Å². The van der Waals surface area contributed by atoms with Gasteiger partial charge in [-0.1, -0.05) is 0 Å². The molecular weight excluding hydrogens is 218 g/mol. The third kappa shape index (κ3) is 4.54. The van der Waals surface area contributed by atoms with Gasteiger partial charge >= 0.3 is 0 Å². The topological polar surface area (TPSA) is 39.7 Å². The average Bonchev–Trinajstić information content (AvgIpc) is 3.04. The van der Waals surface area contributed by atoms with Crippen LogP contribution in [0.3, 0.4) is 0 Å². The highest BCUT2D eigenvalue weighted by atomic mass is 16.5. The summed E-state index contributed by atoms with van der Waals surface area (Å²) < 4.78 is 16.4. The molecule has 100 valence electrons. The van der Waals surface area contributed by atoms with Gasteiger partial charge < -0.3 is 19.5 Å². The first-order chi connectivity index (χ1) is 8.35. The summed E-state index contributed by atoms with van der Waals surface area (Å²) in [6.07, 6.45) is 3.82. The monoisotopic (exact) mass is 243 g/mol. The summed E-state index contributed by atoms with van der Waals surface area (Å²) in [6.45, 7) is 6.13. The molecule has 1 heterocycles. The fourth-order valence-electron chi connectivity index (χ4n) is 2.21. The van der Waals surface area contributed by atoms with Crippen molar-refractivity contribution >= 4 is 0 Å². The molecule has 1 N–H and O–H groups in total. The van der Waals surface area contributed by atoms with Gasteiger partial charge in [0, 0.05) is 38.8 Å². The van der Waals surface area contributed by atoms with Crippen LogP contribution in [0.5, 0.6) is 0 Å². The molecule has 0 aromatic heterocycles. The fourth-order valence-corrected chi connectivity index (χ4v) is 2.21. The van der Waals surface area contributed by atoms with Crippen molar-refractivity contribution in [2.24, 2.45) is 11.3 Å². The first-order valence-electron chi connectivity index (χ1n) is 6.70. The van der Waals surface area contributed by atoms with Crippen LogP contribution in [0.2, 0.25) is 0 Å². The van der Waals surface area contributed by atoms with Gasteiger partial charge in [0.05, 0.1) is 19.8 Å². The molecule has 1 unspecified atom stereocenters. The predicted octanol–water partition coefficient (Wildman–Crippen LogP) is 1.06. The molecule has 2 rings (SSSR count). The summed E-state index contributed by atoms with van der Waals surface area (Å²) in [5.74, 6) is 0.843. The summed E-state index contributed by atoms with van der Waals surface area (Å²) >= 11 is 0. The minimum absolute atomic E-state index is 0.197. The van der Waals surface area contributed by atoms with E-state index in [4.69, 9.17) is 14.2 Å². The zero-order chi connectivity index (χ0) is 12.0. The number of hydrogen-bond acceptors (Lipinski definition) is 4. The molecule has 0 amide bonds. The molecule has 1 aliphatic carbocycles. The number of methoxy groups -OCH3 is 1. The largest absolute Gasteiger partial charge is 0.383 e. The Morgan fingerprint density at radius 2 is 2.29 bits per heavy atom. The predicted molar refractivity (Wildman–Crippen MR) is 66.2 cm³/mol. The first kappa shape index (κ1) is 13.3. The van der Waals surface area contributed by atoms with Crippen LogP contribution < -0.4 is 5.32 Å². The van der Waals surface area contributed by atoms with Crippen LogP contribution in [-0.4, -0.2) is 53.2 Å². The van der Waals surface area contributed by atoms with Gasteiger partial charge in [-0.15, -0.1) is 0 Å². The lowest BCUT2D eigenvalue weighted by atomic mass is 9.88. The molecule has 1 atom stereocenters. The maximum Gasteiger partial charge on any atom is 0.0587 e. The fraction of sp³-hybridized carbons (Fsp3) is 1.00. The lowest BCUT2D eigenvalue weighted by molar-refractivity contribution is 0.0284. The van der Waals surface area contributed by atoms with E-state index >= 15 is 0 Å². The van der Waals surface area contributed by atoms with E-state index < -0.39 is 0 Å². The molecule has 0 radical (unpaired) electrons. The SMILES string of the molecule is COCCNCC1(COCC2CC2)CCOC1. The smallest absolute Gasteiger partial charge is 0.0587 e. The Morgan fingerprint density at radius 3 is 2.94 bits per heavy atom. The zero-order valence-corrected chi connectivity index (χ0v) is 10.9. The zero-order valence-electron chi connectivity index (χ0n) is 10.9. The van der Waals surface area contributed by atoms with E-state index in [0.29, 0.717) is 0 Å². The van der Waals surface area contributed by atoms with Crippen molar-refractivity contribution in [2.75, 3.05) is 53.2 Å². The van der Waals surface area contributed by atoms with Gasteiger partial charge in [0.2, 0.25) is 0 Å². The molecule has 17 heavy (non-hydrogen) atoms. The van der Waals surface area contributed by atoms with Gasteiger partial charge in [-0.05, 0) is 25.2 Å². The second kappa shape index (κ2) is 6.69. The standard InChI is InChI=1S/C13H25NO3/c1-15-7-5-14-9-13(4-6-16-10-13)11-17-8-12-2-3-12/h12,14H,2-11H2,1H3. The molecule has 4 heteroatoms. The molecule has 0 spiro atoms. The van der Waals surface area contributed by atoms with Crippen LogP contribution in [0.1, 0.15) is 19.3 Å². The first-order valence-corrected chi connectivity index (χ1v) is 6.70. The maximum absolute atomic E-state index is 5.85. The van der Waals surface area contributed by atoms with Crippen LogP contribution in [0.25, 0.3) is 0 Å². The normalized spacial score (nSPS) is 28.8. The van der Waals surface area contributed by atoms with E-state index in [1.165, 1.54) is 12.8 Å². The Morgan fingerprint density at radius 1 is 1.41 bits per heavy atom. The van der Waals surface area contributed by atoms with Crippen molar-refractivity contribution in [3.63, 3.8) is 0 Å². The molecule has 4 nitrogen and oxygen atoms in total. The summed E-state index contributed by atoms with van der Waals surface area (Å²) in [5.41, 5.74) is 0.197. The molecule has 1 saturated carbocycles. The number of hydrogen-bond donors (Lipinski definition) is 1. The van der Waals surface area contributed by atoms with E-state index in [9.17, 15) is 0 Å². The average molecular weight is 243 g/mol. The van der Waals surface area contributed by atoms with E-state index in [0.717, 1.165) is 58.5 Å². The summed E-state index contributed by atoms with van der Waals surface area (Å²) in [6, 6.07) is 0. The molecular formula is C13H25NO3. The highest BCUT2D eigenvalue weighted by molar-refractivity contribution is 4.86. The molecule has 0 aromatic rings. The third-order valence-corrected chi connectivity index (χ3v) is 3.63. The number of rotatable bonds is 9. The van der Waals surface area contributed by atoms with Gasteiger partial charge in [0.1, 0.15) is 0 Å². The number of ether oxygens (including phenoxy) is 3. The summed E-state index contributed by atoms with van der Waals surface area (Å²) in [5, 5.41) is 3.44. The van der Waals surface area contributed by atoms with Crippen molar-refractivity contribution < 1.29 is 14.2 Å².